The summed E-state index contributed by atoms with van der Waals surface area (Å²) in [5.74, 6) is -0.886. The molecule has 7 nitrogen and oxygen atoms in total. The molecule has 0 heterocycles. The number of hydrogen-bond acceptors (Lipinski definition) is 5. The van der Waals surface area contributed by atoms with Gasteiger partial charge in [0.2, 0.25) is 0 Å². The van der Waals surface area contributed by atoms with E-state index in [1.165, 1.54) is 37.5 Å². The van der Waals surface area contributed by atoms with Gasteiger partial charge in [-0.25, -0.2) is 4.79 Å². The Kier molecular flexibility index (Phi) is 8.46. The molecular formula is C25H18Br2N2O5. The molecule has 0 unspecified atom stereocenters. The summed E-state index contributed by atoms with van der Waals surface area (Å²) in [6, 6.07) is 18.7. The summed E-state index contributed by atoms with van der Waals surface area (Å²) in [6.07, 6.45) is 1.40. The molecule has 0 saturated heterocycles. The van der Waals surface area contributed by atoms with Gasteiger partial charge in [-0.15, -0.1) is 0 Å². The van der Waals surface area contributed by atoms with Crippen molar-refractivity contribution >= 4 is 55.5 Å². The average molecular weight is 586 g/mol. The number of carbonyl (C=O) groups excluding carboxylic acids is 1. The summed E-state index contributed by atoms with van der Waals surface area (Å²) in [5, 5.41) is 21.2. The van der Waals surface area contributed by atoms with Crippen LogP contribution in [0.2, 0.25) is 0 Å². The van der Waals surface area contributed by atoms with Gasteiger partial charge >= 0.3 is 5.97 Å². The lowest BCUT2D eigenvalue weighted by Crippen LogP contribution is -2.14. The minimum Gasteiger partial charge on any atom is -0.493 e. The number of halogens is 2. The predicted molar refractivity (Wildman–Crippen MR) is 135 cm³/mol. The highest BCUT2D eigenvalue weighted by atomic mass is 79.9. The second-order valence-electron chi connectivity index (χ2n) is 6.96. The van der Waals surface area contributed by atoms with Gasteiger partial charge in [-0.1, -0.05) is 34.1 Å². The molecule has 0 spiro atoms. The largest absolute Gasteiger partial charge is 0.493 e. The van der Waals surface area contributed by atoms with E-state index >= 15 is 0 Å². The van der Waals surface area contributed by atoms with Crippen LogP contribution in [-0.2, 0) is 11.4 Å². The Morgan fingerprint density at radius 2 is 1.85 bits per heavy atom. The van der Waals surface area contributed by atoms with Crippen LogP contribution in [0.5, 0.6) is 11.5 Å². The average Bonchev–Trinajstić information content (AvgIpc) is 2.82. The first-order chi connectivity index (χ1) is 16.3. The van der Waals surface area contributed by atoms with E-state index < -0.39 is 11.9 Å². The summed E-state index contributed by atoms with van der Waals surface area (Å²) in [4.78, 5) is 23.7. The summed E-state index contributed by atoms with van der Waals surface area (Å²) >= 11 is 6.87. The number of amides is 1. The number of carbonyl (C=O) groups is 2. The molecule has 2 N–H and O–H groups in total. The third-order valence-corrected chi connectivity index (χ3v) is 5.71. The zero-order valence-corrected chi connectivity index (χ0v) is 21.0. The standard InChI is InChI=1S/C25H18Br2N2O5/c1-33-22-11-16(10-21(27)23(22)34-14-15-5-7-19(26)8-6-15)9-18(13-28)24(30)29-20-4-2-3-17(12-20)25(31)32/h2-12H,14H2,1H3,(H,29,30)(H,31,32)/b18-9+. The number of nitriles is 1. The lowest BCUT2D eigenvalue weighted by molar-refractivity contribution is -0.112. The molecule has 0 radical (unpaired) electrons. The number of aromatic carboxylic acids is 1. The molecule has 1 amide bonds. The van der Waals surface area contributed by atoms with Crippen LogP contribution in [-0.4, -0.2) is 24.1 Å². The molecule has 172 valence electrons. The molecule has 9 heteroatoms. The van der Waals surface area contributed by atoms with Gasteiger partial charge in [-0.2, -0.15) is 5.26 Å². The van der Waals surface area contributed by atoms with Gasteiger partial charge in [0.1, 0.15) is 18.2 Å². The van der Waals surface area contributed by atoms with E-state index in [9.17, 15) is 14.9 Å². The molecule has 0 bridgehead atoms. The second kappa shape index (κ2) is 11.5. The van der Waals surface area contributed by atoms with Gasteiger partial charge < -0.3 is 19.9 Å². The minimum absolute atomic E-state index is 0.0210. The van der Waals surface area contributed by atoms with Gasteiger partial charge in [-0.3, -0.25) is 4.79 Å². The van der Waals surface area contributed by atoms with Crippen molar-refractivity contribution in [2.45, 2.75) is 6.61 Å². The normalized spacial score (nSPS) is 10.8. The first-order valence-electron chi connectivity index (χ1n) is 9.82. The molecule has 0 aliphatic heterocycles. The molecule has 0 saturated carbocycles. The van der Waals surface area contributed by atoms with Crippen LogP contribution in [0.4, 0.5) is 5.69 Å². The van der Waals surface area contributed by atoms with E-state index in [4.69, 9.17) is 14.6 Å². The number of methoxy groups -OCH3 is 1. The Hall–Kier alpha value is -3.61. The number of nitrogens with one attached hydrogen (secondary N) is 1. The highest BCUT2D eigenvalue weighted by Gasteiger charge is 2.15. The maximum atomic E-state index is 12.6. The molecule has 3 aromatic rings. The van der Waals surface area contributed by atoms with E-state index in [1.54, 1.807) is 12.1 Å². The molecule has 3 aromatic carbocycles. The van der Waals surface area contributed by atoms with Crippen LogP contribution in [0.3, 0.4) is 0 Å². The number of nitrogens with zero attached hydrogens (tertiary/aromatic N) is 1. The first kappa shape index (κ1) is 25.0. The molecule has 0 fully saturated rings. The van der Waals surface area contributed by atoms with E-state index in [0.29, 0.717) is 28.1 Å². The van der Waals surface area contributed by atoms with Gasteiger partial charge in [0.15, 0.2) is 11.5 Å². The van der Waals surface area contributed by atoms with E-state index in [0.717, 1.165) is 10.0 Å². The zero-order chi connectivity index (χ0) is 24.7. The smallest absolute Gasteiger partial charge is 0.335 e. The maximum absolute atomic E-state index is 12.6. The van der Waals surface area contributed by atoms with Crippen molar-refractivity contribution in [1.82, 2.24) is 0 Å². The number of carboxylic acids is 1. The van der Waals surface area contributed by atoms with Crippen LogP contribution in [0.25, 0.3) is 6.08 Å². The van der Waals surface area contributed by atoms with Crippen molar-refractivity contribution in [2.24, 2.45) is 0 Å². The quantitative estimate of drug-likeness (QED) is 0.246. The lowest BCUT2D eigenvalue weighted by atomic mass is 10.1. The molecule has 3 rings (SSSR count). The van der Waals surface area contributed by atoms with Crippen LogP contribution >= 0.6 is 31.9 Å². The monoisotopic (exact) mass is 584 g/mol. The van der Waals surface area contributed by atoms with Crippen molar-refractivity contribution in [3.05, 3.63) is 91.9 Å². The Morgan fingerprint density at radius 1 is 1.12 bits per heavy atom. The molecule has 0 aliphatic carbocycles. The molecule has 0 aromatic heterocycles. The highest BCUT2D eigenvalue weighted by molar-refractivity contribution is 9.10. The van der Waals surface area contributed by atoms with Crippen LogP contribution in [0.1, 0.15) is 21.5 Å². The van der Waals surface area contributed by atoms with Crippen molar-refractivity contribution in [3.63, 3.8) is 0 Å². The maximum Gasteiger partial charge on any atom is 0.335 e. The number of hydrogen-bond donors (Lipinski definition) is 2. The van der Waals surface area contributed by atoms with Crippen molar-refractivity contribution < 1.29 is 24.2 Å². The summed E-state index contributed by atoms with van der Waals surface area (Å²) in [7, 11) is 1.50. The first-order valence-corrected chi connectivity index (χ1v) is 11.4. The third-order valence-electron chi connectivity index (χ3n) is 4.59. The topological polar surface area (TPSA) is 109 Å². The number of rotatable bonds is 8. The molecule has 34 heavy (non-hydrogen) atoms. The van der Waals surface area contributed by atoms with Gasteiger partial charge in [0.05, 0.1) is 17.1 Å². The fourth-order valence-electron chi connectivity index (χ4n) is 2.94. The number of anilines is 1. The minimum atomic E-state index is -1.12. The lowest BCUT2D eigenvalue weighted by Gasteiger charge is -2.14. The van der Waals surface area contributed by atoms with E-state index in [-0.39, 0.29) is 16.8 Å². The van der Waals surface area contributed by atoms with Crippen LogP contribution in [0, 0.1) is 11.3 Å². The predicted octanol–water partition coefficient (Wildman–Crippen LogP) is 6.04. The molecule has 0 atom stereocenters. The van der Waals surface area contributed by atoms with Crippen molar-refractivity contribution in [2.75, 3.05) is 12.4 Å². The van der Waals surface area contributed by atoms with Gasteiger partial charge in [0, 0.05) is 10.2 Å². The molecular weight excluding hydrogens is 568 g/mol. The molecule has 0 aliphatic rings. The number of carboxylic acid groups (broad SMARTS) is 1. The SMILES string of the molecule is COc1cc(/C=C(\C#N)C(=O)Nc2cccc(C(=O)O)c2)cc(Br)c1OCc1ccc(Br)cc1. The summed E-state index contributed by atoms with van der Waals surface area (Å²) < 4.78 is 12.9. The summed E-state index contributed by atoms with van der Waals surface area (Å²) in [5.41, 5.74) is 1.62. The fourth-order valence-corrected chi connectivity index (χ4v) is 3.78. The van der Waals surface area contributed by atoms with Crippen LogP contribution < -0.4 is 14.8 Å². The third kappa shape index (κ3) is 6.47. The van der Waals surface area contributed by atoms with E-state index in [1.807, 2.05) is 30.3 Å². The Labute approximate surface area is 212 Å². The van der Waals surface area contributed by atoms with Crippen LogP contribution in [0.15, 0.2) is 75.2 Å². The fraction of sp³-hybridized carbons (Fsp3) is 0.0800. The second-order valence-corrected chi connectivity index (χ2v) is 8.73. The Bertz CT molecular complexity index is 1300. The summed E-state index contributed by atoms with van der Waals surface area (Å²) in [6.45, 7) is 0.318. The highest BCUT2D eigenvalue weighted by Crippen LogP contribution is 2.38. The van der Waals surface area contributed by atoms with Crippen molar-refractivity contribution in [1.29, 1.82) is 5.26 Å². The number of benzene rings is 3. The Balaban J connectivity index is 1.81. The van der Waals surface area contributed by atoms with Gasteiger partial charge in [-0.05, 0) is 75.6 Å². The van der Waals surface area contributed by atoms with E-state index in [2.05, 4.69) is 37.2 Å². The van der Waals surface area contributed by atoms with Gasteiger partial charge in [0.25, 0.3) is 5.91 Å². The van der Waals surface area contributed by atoms with Crippen molar-refractivity contribution in [3.8, 4) is 17.6 Å². The number of ether oxygens (including phenoxy) is 2. The zero-order valence-electron chi connectivity index (χ0n) is 17.8. The Morgan fingerprint density at radius 3 is 2.50 bits per heavy atom.